The number of rotatable bonds is 8. The maximum Gasteiger partial charge on any atom is 0.254 e. The van der Waals surface area contributed by atoms with E-state index in [4.69, 9.17) is 39.5 Å². The Labute approximate surface area is 185 Å². The van der Waals surface area contributed by atoms with Gasteiger partial charge in [0, 0.05) is 52.7 Å². The predicted octanol–water partition coefficient (Wildman–Crippen LogP) is 5.79. The Morgan fingerprint density at radius 3 is 2.45 bits per heavy atom. The zero-order valence-electron chi connectivity index (χ0n) is 15.9. The Balaban J connectivity index is 1.82. The van der Waals surface area contributed by atoms with Gasteiger partial charge >= 0.3 is 0 Å². The second-order valence-corrected chi connectivity index (χ2v) is 7.94. The van der Waals surface area contributed by atoms with Crippen LogP contribution in [-0.2, 0) is 17.8 Å². The minimum atomic E-state index is -0.151. The van der Waals surface area contributed by atoms with Crippen LogP contribution in [0, 0.1) is 0 Å². The first-order valence-corrected chi connectivity index (χ1v) is 10.2. The Morgan fingerprint density at radius 1 is 1.00 bits per heavy atom. The molecule has 0 radical (unpaired) electrons. The largest absolute Gasteiger partial charge is 0.383 e. The second-order valence-electron chi connectivity index (χ2n) is 6.63. The molecule has 0 aliphatic rings. The number of nitrogens with zero attached hydrogens (tertiary/aromatic N) is 2. The number of hydrogen-bond acceptors (Lipinski definition) is 2. The summed E-state index contributed by atoms with van der Waals surface area (Å²) in [4.78, 5) is 14.9. The van der Waals surface area contributed by atoms with Gasteiger partial charge in [-0.1, -0.05) is 46.9 Å². The Kier molecular flexibility index (Phi) is 7.62. The maximum atomic E-state index is 13.1. The summed E-state index contributed by atoms with van der Waals surface area (Å²) in [5.41, 5.74) is 2.54. The van der Waals surface area contributed by atoms with Crippen LogP contribution < -0.4 is 0 Å². The average molecular weight is 452 g/mol. The molecule has 1 aromatic heterocycles. The van der Waals surface area contributed by atoms with Crippen molar-refractivity contribution in [1.29, 1.82) is 0 Å². The molecule has 3 rings (SSSR count). The van der Waals surface area contributed by atoms with Gasteiger partial charge < -0.3 is 14.2 Å². The number of ether oxygens (including phenoxy) is 1. The quantitative estimate of drug-likeness (QED) is 0.435. The van der Waals surface area contributed by atoms with Crippen LogP contribution in [0.15, 0.2) is 60.8 Å². The first-order chi connectivity index (χ1) is 14.0. The lowest BCUT2D eigenvalue weighted by Crippen LogP contribution is -2.34. The summed E-state index contributed by atoms with van der Waals surface area (Å²) in [6, 6.07) is 16.6. The molecule has 0 saturated carbocycles. The first kappa shape index (κ1) is 21.7. The zero-order valence-corrected chi connectivity index (χ0v) is 18.2. The first-order valence-electron chi connectivity index (χ1n) is 9.09. The standard InChI is InChI=1S/C22H21Cl3N2O2/c1-29-9-8-27(22(28)17-11-19(24)13-20(25)12-17)15-21-6-3-7-26(21)14-16-4-2-5-18(23)10-16/h2-7,10-13H,8-9,14-15H2,1H3. The number of methoxy groups -OCH3 is 1. The third-order valence-electron chi connectivity index (χ3n) is 4.48. The maximum absolute atomic E-state index is 13.1. The molecule has 0 aliphatic heterocycles. The number of amides is 1. The van der Waals surface area contributed by atoms with Gasteiger partial charge in [-0.25, -0.2) is 0 Å². The molecule has 0 bridgehead atoms. The molecule has 4 nitrogen and oxygen atoms in total. The van der Waals surface area contributed by atoms with Crippen molar-refractivity contribution in [3.8, 4) is 0 Å². The summed E-state index contributed by atoms with van der Waals surface area (Å²) in [6.45, 7) is 1.97. The van der Waals surface area contributed by atoms with E-state index in [1.807, 2.05) is 42.6 Å². The normalized spacial score (nSPS) is 10.9. The van der Waals surface area contributed by atoms with E-state index < -0.39 is 0 Å². The SMILES string of the molecule is COCCN(Cc1cccn1Cc1cccc(Cl)c1)C(=O)c1cc(Cl)cc(Cl)c1. The zero-order chi connectivity index (χ0) is 20.8. The van der Waals surface area contributed by atoms with E-state index >= 15 is 0 Å². The average Bonchev–Trinajstić information content (AvgIpc) is 3.10. The molecular weight excluding hydrogens is 431 g/mol. The Hall–Kier alpha value is -1.98. The van der Waals surface area contributed by atoms with E-state index in [9.17, 15) is 4.79 Å². The highest BCUT2D eigenvalue weighted by Gasteiger charge is 2.18. The van der Waals surface area contributed by atoms with Crippen LogP contribution in [0.1, 0.15) is 21.6 Å². The van der Waals surface area contributed by atoms with E-state index in [1.54, 1.807) is 30.2 Å². The highest BCUT2D eigenvalue weighted by molar-refractivity contribution is 6.35. The van der Waals surface area contributed by atoms with E-state index in [0.29, 0.717) is 46.9 Å². The molecule has 1 heterocycles. The Bertz CT molecular complexity index is 967. The summed E-state index contributed by atoms with van der Waals surface area (Å²) >= 11 is 18.3. The van der Waals surface area contributed by atoms with Gasteiger partial charge in [0.05, 0.1) is 13.2 Å². The molecule has 0 aliphatic carbocycles. The van der Waals surface area contributed by atoms with E-state index in [2.05, 4.69) is 4.57 Å². The van der Waals surface area contributed by atoms with Crippen LogP contribution in [0.4, 0.5) is 0 Å². The van der Waals surface area contributed by atoms with Crippen LogP contribution in [0.25, 0.3) is 0 Å². The summed E-state index contributed by atoms with van der Waals surface area (Å²) in [5.74, 6) is -0.151. The van der Waals surface area contributed by atoms with Gasteiger partial charge in [0.15, 0.2) is 0 Å². The van der Waals surface area contributed by atoms with Crippen LogP contribution in [0.3, 0.4) is 0 Å². The van der Waals surface area contributed by atoms with E-state index in [-0.39, 0.29) is 5.91 Å². The summed E-state index contributed by atoms with van der Waals surface area (Å²) < 4.78 is 7.30. The minimum Gasteiger partial charge on any atom is -0.383 e. The molecule has 0 fully saturated rings. The number of aromatic nitrogens is 1. The minimum absolute atomic E-state index is 0.151. The summed E-state index contributed by atoms with van der Waals surface area (Å²) in [6.07, 6.45) is 1.99. The molecule has 2 aromatic carbocycles. The van der Waals surface area contributed by atoms with E-state index in [0.717, 1.165) is 11.3 Å². The van der Waals surface area contributed by atoms with Crippen molar-refractivity contribution in [2.75, 3.05) is 20.3 Å². The van der Waals surface area contributed by atoms with Gasteiger partial charge in [-0.15, -0.1) is 0 Å². The monoisotopic (exact) mass is 450 g/mol. The third-order valence-corrected chi connectivity index (χ3v) is 5.15. The van der Waals surface area contributed by atoms with Gasteiger partial charge in [-0.05, 0) is 48.0 Å². The fourth-order valence-electron chi connectivity index (χ4n) is 3.09. The molecule has 0 N–H and O–H groups in total. The molecule has 3 aromatic rings. The lowest BCUT2D eigenvalue weighted by Gasteiger charge is -2.24. The smallest absolute Gasteiger partial charge is 0.254 e. The van der Waals surface area contributed by atoms with Crippen molar-refractivity contribution in [2.24, 2.45) is 0 Å². The number of hydrogen-bond donors (Lipinski definition) is 0. The van der Waals surface area contributed by atoms with Crippen LogP contribution in [-0.4, -0.2) is 35.6 Å². The summed E-state index contributed by atoms with van der Waals surface area (Å²) in [5, 5.41) is 1.56. The van der Waals surface area contributed by atoms with Gasteiger partial charge in [0.2, 0.25) is 0 Å². The highest BCUT2D eigenvalue weighted by Crippen LogP contribution is 2.21. The van der Waals surface area contributed by atoms with Gasteiger partial charge in [-0.2, -0.15) is 0 Å². The molecule has 0 atom stereocenters. The molecule has 0 spiro atoms. The van der Waals surface area contributed by atoms with Crippen LogP contribution in [0.2, 0.25) is 15.1 Å². The topological polar surface area (TPSA) is 34.5 Å². The van der Waals surface area contributed by atoms with E-state index in [1.165, 1.54) is 0 Å². The van der Waals surface area contributed by atoms with Crippen molar-refractivity contribution in [2.45, 2.75) is 13.1 Å². The lowest BCUT2D eigenvalue weighted by molar-refractivity contribution is 0.0676. The molecular formula is C22H21Cl3N2O2. The number of benzene rings is 2. The Morgan fingerprint density at radius 2 is 1.76 bits per heavy atom. The van der Waals surface area contributed by atoms with Crippen LogP contribution >= 0.6 is 34.8 Å². The number of carbonyl (C=O) groups is 1. The van der Waals surface area contributed by atoms with Crippen molar-refractivity contribution < 1.29 is 9.53 Å². The van der Waals surface area contributed by atoms with Crippen LogP contribution in [0.5, 0.6) is 0 Å². The van der Waals surface area contributed by atoms with Crippen molar-refractivity contribution in [3.05, 3.63) is 92.7 Å². The summed E-state index contributed by atoms with van der Waals surface area (Å²) in [7, 11) is 1.61. The van der Waals surface area contributed by atoms with Gasteiger partial charge in [-0.3, -0.25) is 4.79 Å². The molecule has 29 heavy (non-hydrogen) atoms. The number of carbonyl (C=O) groups excluding carboxylic acids is 1. The highest BCUT2D eigenvalue weighted by atomic mass is 35.5. The second kappa shape index (κ2) is 10.2. The predicted molar refractivity (Wildman–Crippen MR) is 118 cm³/mol. The molecule has 0 unspecified atom stereocenters. The van der Waals surface area contributed by atoms with Crippen molar-refractivity contribution in [1.82, 2.24) is 9.47 Å². The fraction of sp³-hybridized carbons (Fsp3) is 0.227. The molecule has 0 saturated heterocycles. The molecule has 7 heteroatoms. The molecule has 152 valence electrons. The van der Waals surface area contributed by atoms with Gasteiger partial charge in [0.1, 0.15) is 0 Å². The van der Waals surface area contributed by atoms with Gasteiger partial charge in [0.25, 0.3) is 5.91 Å². The lowest BCUT2D eigenvalue weighted by atomic mass is 10.2. The third kappa shape index (κ3) is 6.00. The van der Waals surface area contributed by atoms with Crippen molar-refractivity contribution in [3.63, 3.8) is 0 Å². The molecule has 1 amide bonds. The van der Waals surface area contributed by atoms with Crippen molar-refractivity contribution >= 4 is 40.7 Å². The fourth-order valence-corrected chi connectivity index (χ4v) is 3.83. The number of halogens is 3.